The summed E-state index contributed by atoms with van der Waals surface area (Å²) in [5.74, 6) is 1.82. The van der Waals surface area contributed by atoms with Crippen molar-refractivity contribution >= 4 is 5.97 Å². The summed E-state index contributed by atoms with van der Waals surface area (Å²) < 4.78 is 0. The third-order valence-electron chi connectivity index (χ3n) is 2.54. The Bertz CT molecular complexity index is 444. The van der Waals surface area contributed by atoms with Gasteiger partial charge in [-0.3, -0.25) is 10.1 Å². The molecule has 0 saturated carbocycles. The number of carboxylic acids is 1. The monoisotopic (exact) mass is 231 g/mol. The molecule has 1 aromatic rings. The van der Waals surface area contributed by atoms with Crippen molar-refractivity contribution in [2.24, 2.45) is 0 Å². The van der Waals surface area contributed by atoms with E-state index in [2.05, 4.69) is 11.2 Å². The zero-order chi connectivity index (χ0) is 12.9. The van der Waals surface area contributed by atoms with Gasteiger partial charge in [-0.25, -0.2) is 0 Å². The second-order valence-corrected chi connectivity index (χ2v) is 4.46. The largest absolute Gasteiger partial charge is 0.481 e. The summed E-state index contributed by atoms with van der Waals surface area (Å²) in [4.78, 5) is 10.7. The minimum atomic E-state index is -0.825. The lowest BCUT2D eigenvalue weighted by Crippen LogP contribution is -2.37. The Kier molecular flexibility index (Phi) is 4.30. The number of hydrogen-bond acceptors (Lipinski definition) is 2. The highest BCUT2D eigenvalue weighted by atomic mass is 16.4. The normalized spacial score (nSPS) is 10.9. The SMILES string of the molecule is C#CC(C)(C)NCc1ccccc1CC(=O)O. The van der Waals surface area contributed by atoms with Crippen LogP contribution < -0.4 is 5.32 Å². The summed E-state index contributed by atoms with van der Waals surface area (Å²) in [5, 5.41) is 12.0. The maximum Gasteiger partial charge on any atom is 0.307 e. The summed E-state index contributed by atoms with van der Waals surface area (Å²) in [5.41, 5.74) is 1.40. The number of carbonyl (C=O) groups is 1. The highest BCUT2D eigenvalue weighted by molar-refractivity contribution is 5.70. The topological polar surface area (TPSA) is 49.3 Å². The van der Waals surface area contributed by atoms with E-state index in [0.29, 0.717) is 6.54 Å². The number of terminal acetylenes is 1. The molecule has 0 heterocycles. The second-order valence-electron chi connectivity index (χ2n) is 4.46. The standard InChI is InChI=1S/C14H17NO2/c1-4-14(2,3)15-10-12-8-6-5-7-11(12)9-13(16)17/h1,5-8,15H,9-10H2,2-3H3,(H,16,17). The Morgan fingerprint density at radius 1 is 1.41 bits per heavy atom. The molecule has 0 bridgehead atoms. The van der Waals surface area contributed by atoms with Crippen molar-refractivity contribution in [2.75, 3.05) is 0 Å². The van der Waals surface area contributed by atoms with Crippen LogP contribution in [0.15, 0.2) is 24.3 Å². The molecule has 0 radical (unpaired) electrons. The molecule has 3 heteroatoms. The number of benzene rings is 1. The molecule has 2 N–H and O–H groups in total. The lowest BCUT2D eigenvalue weighted by Gasteiger charge is -2.20. The maximum absolute atomic E-state index is 10.7. The van der Waals surface area contributed by atoms with E-state index in [-0.39, 0.29) is 6.42 Å². The third kappa shape index (κ3) is 4.29. The fourth-order valence-electron chi connectivity index (χ4n) is 1.43. The first-order valence-electron chi connectivity index (χ1n) is 5.46. The van der Waals surface area contributed by atoms with Crippen molar-refractivity contribution in [1.29, 1.82) is 0 Å². The Hall–Kier alpha value is -1.79. The van der Waals surface area contributed by atoms with Crippen LogP contribution in [0.25, 0.3) is 0 Å². The van der Waals surface area contributed by atoms with E-state index < -0.39 is 11.5 Å². The fraction of sp³-hybridized carbons (Fsp3) is 0.357. The van der Waals surface area contributed by atoms with Crippen molar-refractivity contribution in [2.45, 2.75) is 32.4 Å². The van der Waals surface area contributed by atoms with Crippen molar-refractivity contribution in [3.05, 3.63) is 35.4 Å². The van der Waals surface area contributed by atoms with E-state index in [9.17, 15) is 4.79 Å². The first-order chi connectivity index (χ1) is 7.94. The van der Waals surface area contributed by atoms with E-state index in [4.69, 9.17) is 11.5 Å². The lowest BCUT2D eigenvalue weighted by molar-refractivity contribution is -0.136. The van der Waals surface area contributed by atoms with E-state index in [1.54, 1.807) is 0 Å². The molecule has 0 unspecified atom stereocenters. The fourth-order valence-corrected chi connectivity index (χ4v) is 1.43. The number of hydrogen-bond donors (Lipinski definition) is 2. The van der Waals surface area contributed by atoms with E-state index in [0.717, 1.165) is 11.1 Å². The minimum Gasteiger partial charge on any atom is -0.481 e. The maximum atomic E-state index is 10.7. The van der Waals surface area contributed by atoms with E-state index >= 15 is 0 Å². The predicted octanol–water partition coefficient (Wildman–Crippen LogP) is 1.82. The van der Waals surface area contributed by atoms with Gasteiger partial charge in [0.05, 0.1) is 12.0 Å². The first-order valence-corrected chi connectivity index (χ1v) is 5.46. The van der Waals surface area contributed by atoms with Crippen molar-refractivity contribution < 1.29 is 9.90 Å². The van der Waals surface area contributed by atoms with Crippen molar-refractivity contribution in [1.82, 2.24) is 5.32 Å². The molecular weight excluding hydrogens is 214 g/mol. The van der Waals surface area contributed by atoms with Crippen molar-refractivity contribution in [3.63, 3.8) is 0 Å². The van der Waals surface area contributed by atoms with Gasteiger partial charge in [0.15, 0.2) is 0 Å². The van der Waals surface area contributed by atoms with E-state index in [1.807, 2.05) is 38.1 Å². The molecule has 0 aliphatic heterocycles. The Balaban J connectivity index is 2.78. The Morgan fingerprint density at radius 2 is 2.00 bits per heavy atom. The van der Waals surface area contributed by atoms with Crippen LogP contribution in [0.4, 0.5) is 0 Å². The molecule has 1 aromatic carbocycles. The number of nitrogens with one attached hydrogen (secondary N) is 1. The molecule has 0 spiro atoms. The molecule has 17 heavy (non-hydrogen) atoms. The summed E-state index contributed by atoms with van der Waals surface area (Å²) in [7, 11) is 0. The number of carboxylic acid groups (broad SMARTS) is 1. The van der Waals surface area contributed by atoms with Crippen LogP contribution in [0.1, 0.15) is 25.0 Å². The van der Waals surface area contributed by atoms with Gasteiger partial charge in [-0.1, -0.05) is 30.2 Å². The highest BCUT2D eigenvalue weighted by Crippen LogP contribution is 2.11. The van der Waals surface area contributed by atoms with Crippen LogP contribution >= 0.6 is 0 Å². The van der Waals surface area contributed by atoms with Gasteiger partial charge in [0, 0.05) is 6.54 Å². The Morgan fingerprint density at radius 3 is 2.53 bits per heavy atom. The third-order valence-corrected chi connectivity index (χ3v) is 2.54. The summed E-state index contributed by atoms with van der Waals surface area (Å²) in [6.45, 7) is 4.39. The molecule has 90 valence electrons. The smallest absolute Gasteiger partial charge is 0.307 e. The summed E-state index contributed by atoms with van der Waals surface area (Å²) in [6.07, 6.45) is 5.42. The summed E-state index contributed by atoms with van der Waals surface area (Å²) in [6, 6.07) is 7.48. The molecule has 1 rings (SSSR count). The van der Waals surface area contributed by atoms with Crippen molar-refractivity contribution in [3.8, 4) is 12.3 Å². The predicted molar refractivity (Wildman–Crippen MR) is 67.5 cm³/mol. The molecule has 0 fully saturated rings. The highest BCUT2D eigenvalue weighted by Gasteiger charge is 2.13. The quantitative estimate of drug-likeness (QED) is 0.760. The zero-order valence-electron chi connectivity index (χ0n) is 10.2. The average Bonchev–Trinajstić information content (AvgIpc) is 2.27. The molecule has 0 aromatic heterocycles. The van der Waals surface area contributed by atoms with Gasteiger partial charge in [0.25, 0.3) is 0 Å². The van der Waals surface area contributed by atoms with Gasteiger partial charge in [0.2, 0.25) is 0 Å². The van der Waals surface area contributed by atoms with Gasteiger partial charge >= 0.3 is 5.97 Å². The van der Waals surface area contributed by atoms with Crippen LogP contribution in [0, 0.1) is 12.3 Å². The molecule has 3 nitrogen and oxygen atoms in total. The van der Waals surface area contributed by atoms with Crippen LogP contribution in [-0.4, -0.2) is 16.6 Å². The van der Waals surface area contributed by atoms with Gasteiger partial charge in [-0.05, 0) is 25.0 Å². The van der Waals surface area contributed by atoms with Gasteiger partial charge in [-0.2, -0.15) is 0 Å². The van der Waals surface area contributed by atoms with Crippen LogP contribution in [0.2, 0.25) is 0 Å². The first kappa shape index (κ1) is 13.3. The zero-order valence-corrected chi connectivity index (χ0v) is 10.2. The number of aliphatic carboxylic acids is 1. The molecule has 0 aliphatic rings. The summed E-state index contributed by atoms with van der Waals surface area (Å²) >= 11 is 0. The molecule has 0 saturated heterocycles. The van der Waals surface area contributed by atoms with Gasteiger partial charge < -0.3 is 5.11 Å². The Labute approximate surface area is 102 Å². The van der Waals surface area contributed by atoms with E-state index in [1.165, 1.54) is 0 Å². The van der Waals surface area contributed by atoms with Gasteiger partial charge in [0.1, 0.15) is 0 Å². The minimum absolute atomic E-state index is 0.0360. The second kappa shape index (κ2) is 5.51. The lowest BCUT2D eigenvalue weighted by atomic mass is 10.0. The molecule has 0 amide bonds. The van der Waals surface area contributed by atoms with Crippen LogP contribution in [0.5, 0.6) is 0 Å². The molecule has 0 atom stereocenters. The average molecular weight is 231 g/mol. The van der Waals surface area contributed by atoms with Crippen LogP contribution in [0.3, 0.4) is 0 Å². The molecule has 0 aliphatic carbocycles. The number of rotatable bonds is 5. The van der Waals surface area contributed by atoms with Gasteiger partial charge in [-0.15, -0.1) is 6.42 Å². The van der Waals surface area contributed by atoms with Crippen LogP contribution in [-0.2, 0) is 17.8 Å². The molecular formula is C14H17NO2.